The Morgan fingerprint density at radius 1 is 1.11 bits per heavy atom. The van der Waals surface area contributed by atoms with Gasteiger partial charge >= 0.3 is 0 Å². The molecule has 0 aliphatic rings. The van der Waals surface area contributed by atoms with E-state index in [4.69, 9.17) is 14.2 Å². The van der Waals surface area contributed by atoms with Crippen LogP contribution in [-0.2, 0) is 14.2 Å². The molecule has 19 heavy (non-hydrogen) atoms. The van der Waals surface area contributed by atoms with E-state index in [9.17, 15) is 13.9 Å². The molecule has 0 fully saturated rings. The second kappa shape index (κ2) is 8.92. The maximum Gasteiger partial charge on any atom is 0.164 e. The van der Waals surface area contributed by atoms with Gasteiger partial charge in [-0.3, -0.25) is 0 Å². The first kappa shape index (κ1) is 16.0. The molecule has 0 saturated carbocycles. The number of hydrogen-bond donors (Lipinski definition) is 1. The van der Waals surface area contributed by atoms with E-state index in [2.05, 4.69) is 0 Å². The van der Waals surface area contributed by atoms with Crippen molar-refractivity contribution < 1.29 is 28.1 Å². The van der Waals surface area contributed by atoms with Gasteiger partial charge in [0.2, 0.25) is 0 Å². The number of ether oxygens (including phenoxy) is 3. The number of methoxy groups -OCH3 is 1. The van der Waals surface area contributed by atoms with Crippen molar-refractivity contribution in [1.82, 2.24) is 0 Å². The Kier molecular flexibility index (Phi) is 7.50. The number of halogens is 2. The molecule has 1 aromatic rings. The molecule has 6 heteroatoms. The van der Waals surface area contributed by atoms with Crippen LogP contribution in [0.15, 0.2) is 18.2 Å². The average molecular weight is 276 g/mol. The smallest absolute Gasteiger partial charge is 0.164 e. The summed E-state index contributed by atoms with van der Waals surface area (Å²) in [6, 6.07) is 3.66. The number of benzene rings is 1. The fourth-order valence-electron chi connectivity index (χ4n) is 1.42. The monoisotopic (exact) mass is 276 g/mol. The Hall–Kier alpha value is -1.08. The van der Waals surface area contributed by atoms with Crippen molar-refractivity contribution in [3.63, 3.8) is 0 Å². The lowest BCUT2D eigenvalue weighted by Crippen LogP contribution is -2.14. The van der Waals surface area contributed by atoms with Crippen LogP contribution in [0.1, 0.15) is 11.7 Å². The standard InChI is InChI=1S/C13H18F2O4/c1-17-5-6-18-7-8-19-9-12(16)10-3-2-4-11(14)13(10)15/h2-4,12,16H,5-9H2,1H3. The maximum atomic E-state index is 13.3. The van der Waals surface area contributed by atoms with Crippen LogP contribution in [0, 0.1) is 11.6 Å². The van der Waals surface area contributed by atoms with Crippen LogP contribution >= 0.6 is 0 Å². The molecule has 1 aromatic carbocycles. The first-order valence-corrected chi connectivity index (χ1v) is 5.93. The topological polar surface area (TPSA) is 47.9 Å². The van der Waals surface area contributed by atoms with Crippen molar-refractivity contribution >= 4 is 0 Å². The quantitative estimate of drug-likeness (QED) is 0.697. The molecule has 0 spiro atoms. The average Bonchev–Trinajstić information content (AvgIpc) is 2.40. The highest BCUT2D eigenvalue weighted by molar-refractivity contribution is 5.21. The van der Waals surface area contributed by atoms with Crippen molar-refractivity contribution in [3.05, 3.63) is 35.4 Å². The highest BCUT2D eigenvalue weighted by Crippen LogP contribution is 2.19. The summed E-state index contributed by atoms with van der Waals surface area (Å²) in [7, 11) is 1.57. The van der Waals surface area contributed by atoms with Crippen LogP contribution in [-0.4, -0.2) is 45.3 Å². The normalized spacial score (nSPS) is 12.6. The highest BCUT2D eigenvalue weighted by atomic mass is 19.2. The zero-order valence-electron chi connectivity index (χ0n) is 10.8. The molecule has 0 heterocycles. The van der Waals surface area contributed by atoms with Crippen molar-refractivity contribution in [2.24, 2.45) is 0 Å². The van der Waals surface area contributed by atoms with Crippen LogP contribution in [0.2, 0.25) is 0 Å². The molecule has 0 aliphatic carbocycles. The van der Waals surface area contributed by atoms with Gasteiger partial charge in [-0.05, 0) is 6.07 Å². The van der Waals surface area contributed by atoms with E-state index in [1.165, 1.54) is 12.1 Å². The van der Waals surface area contributed by atoms with E-state index in [1.807, 2.05) is 0 Å². The molecular weight excluding hydrogens is 258 g/mol. The van der Waals surface area contributed by atoms with Crippen molar-refractivity contribution in [2.45, 2.75) is 6.10 Å². The van der Waals surface area contributed by atoms with Crippen LogP contribution in [0.5, 0.6) is 0 Å². The predicted octanol–water partition coefficient (Wildman–Crippen LogP) is 1.68. The Bertz CT molecular complexity index is 374. The fraction of sp³-hybridized carbons (Fsp3) is 0.538. The van der Waals surface area contributed by atoms with E-state index in [0.717, 1.165) is 6.07 Å². The predicted molar refractivity (Wildman–Crippen MR) is 64.8 cm³/mol. The molecule has 1 atom stereocenters. The maximum absolute atomic E-state index is 13.3. The summed E-state index contributed by atoms with van der Waals surface area (Å²) in [6.45, 7) is 1.45. The summed E-state index contributed by atoms with van der Waals surface area (Å²) in [4.78, 5) is 0. The molecular formula is C13H18F2O4. The van der Waals surface area contributed by atoms with Gasteiger partial charge in [0.05, 0.1) is 33.0 Å². The van der Waals surface area contributed by atoms with E-state index in [1.54, 1.807) is 7.11 Å². The Morgan fingerprint density at radius 2 is 1.79 bits per heavy atom. The lowest BCUT2D eigenvalue weighted by atomic mass is 10.1. The second-order valence-electron chi connectivity index (χ2n) is 3.84. The molecule has 0 aromatic heterocycles. The summed E-state index contributed by atoms with van der Waals surface area (Å²) < 4.78 is 41.3. The third-order valence-electron chi connectivity index (χ3n) is 2.42. The summed E-state index contributed by atoms with van der Waals surface area (Å²) >= 11 is 0. The van der Waals surface area contributed by atoms with Crippen LogP contribution in [0.3, 0.4) is 0 Å². The van der Waals surface area contributed by atoms with E-state index < -0.39 is 17.7 Å². The first-order valence-electron chi connectivity index (χ1n) is 5.93. The number of hydrogen-bond acceptors (Lipinski definition) is 4. The summed E-state index contributed by atoms with van der Waals surface area (Å²) in [6.07, 6.45) is -1.20. The van der Waals surface area contributed by atoms with Gasteiger partial charge in [0, 0.05) is 12.7 Å². The second-order valence-corrected chi connectivity index (χ2v) is 3.84. The summed E-state index contributed by atoms with van der Waals surface area (Å²) in [5.74, 6) is -2.03. The lowest BCUT2D eigenvalue weighted by molar-refractivity contribution is -0.00682. The zero-order valence-corrected chi connectivity index (χ0v) is 10.8. The molecule has 1 N–H and O–H groups in total. The minimum Gasteiger partial charge on any atom is -0.386 e. The van der Waals surface area contributed by atoms with E-state index in [0.29, 0.717) is 19.8 Å². The van der Waals surface area contributed by atoms with E-state index >= 15 is 0 Å². The number of aliphatic hydroxyl groups excluding tert-OH is 1. The van der Waals surface area contributed by atoms with Crippen molar-refractivity contribution in [1.29, 1.82) is 0 Å². The molecule has 1 unspecified atom stereocenters. The zero-order chi connectivity index (χ0) is 14.1. The highest BCUT2D eigenvalue weighted by Gasteiger charge is 2.15. The molecule has 0 saturated heterocycles. The Balaban J connectivity index is 2.24. The third kappa shape index (κ3) is 5.61. The lowest BCUT2D eigenvalue weighted by Gasteiger charge is -2.12. The summed E-state index contributed by atoms with van der Waals surface area (Å²) in [5.41, 5.74) is -0.111. The third-order valence-corrected chi connectivity index (χ3v) is 2.42. The minimum absolute atomic E-state index is 0.111. The van der Waals surface area contributed by atoms with Gasteiger partial charge in [-0.1, -0.05) is 12.1 Å². The number of aliphatic hydroxyl groups is 1. The molecule has 0 radical (unpaired) electrons. The number of rotatable bonds is 9. The van der Waals surface area contributed by atoms with Crippen molar-refractivity contribution in [2.75, 3.05) is 40.1 Å². The van der Waals surface area contributed by atoms with Gasteiger partial charge in [-0.2, -0.15) is 0 Å². The largest absolute Gasteiger partial charge is 0.386 e. The summed E-state index contributed by atoms with van der Waals surface area (Å²) in [5, 5.41) is 9.67. The van der Waals surface area contributed by atoms with Crippen molar-refractivity contribution in [3.8, 4) is 0 Å². The van der Waals surface area contributed by atoms with Gasteiger partial charge in [0.15, 0.2) is 11.6 Å². The fourth-order valence-corrected chi connectivity index (χ4v) is 1.42. The molecule has 1 rings (SSSR count). The molecule has 0 aliphatic heterocycles. The van der Waals surface area contributed by atoms with Gasteiger partial charge in [-0.25, -0.2) is 8.78 Å². The van der Waals surface area contributed by atoms with Gasteiger partial charge in [0.1, 0.15) is 6.10 Å². The SMILES string of the molecule is COCCOCCOCC(O)c1cccc(F)c1F. The molecule has 0 amide bonds. The van der Waals surface area contributed by atoms with Gasteiger partial charge < -0.3 is 19.3 Å². The Morgan fingerprint density at radius 3 is 2.53 bits per heavy atom. The van der Waals surface area contributed by atoms with E-state index in [-0.39, 0.29) is 18.8 Å². The van der Waals surface area contributed by atoms with Gasteiger partial charge in [-0.15, -0.1) is 0 Å². The van der Waals surface area contributed by atoms with Crippen LogP contribution in [0.25, 0.3) is 0 Å². The molecule has 0 bridgehead atoms. The Labute approximate surface area is 110 Å². The van der Waals surface area contributed by atoms with Gasteiger partial charge in [0.25, 0.3) is 0 Å². The molecule has 4 nitrogen and oxygen atoms in total. The van der Waals surface area contributed by atoms with Crippen LogP contribution < -0.4 is 0 Å². The molecule has 108 valence electrons. The van der Waals surface area contributed by atoms with Crippen LogP contribution in [0.4, 0.5) is 8.78 Å². The first-order chi connectivity index (χ1) is 9.16. The minimum atomic E-state index is -1.20.